The van der Waals surface area contributed by atoms with E-state index in [2.05, 4.69) is 33.0 Å². The number of nitrogens with one attached hydrogen (secondary N) is 1. The Bertz CT molecular complexity index is 684. The molecule has 0 radical (unpaired) electrons. The number of aromatic nitrogens is 2. The molecular weight excluding hydrogens is 282 g/mol. The summed E-state index contributed by atoms with van der Waals surface area (Å²) in [4.78, 5) is 4.74. The summed E-state index contributed by atoms with van der Waals surface area (Å²) in [5.41, 5.74) is 1.64. The smallest absolute Gasteiger partial charge is 0.120 e. The summed E-state index contributed by atoms with van der Waals surface area (Å²) in [6, 6.07) is 4.16. The lowest BCUT2D eigenvalue weighted by molar-refractivity contribution is 0.143. The van der Waals surface area contributed by atoms with Crippen LogP contribution in [0, 0.1) is 11.8 Å². The van der Waals surface area contributed by atoms with Crippen molar-refractivity contribution in [3.8, 4) is 11.8 Å². The average molecular weight is 301 g/mol. The summed E-state index contributed by atoms with van der Waals surface area (Å²) < 4.78 is 0. The lowest BCUT2D eigenvalue weighted by Gasteiger charge is -2.25. The fraction of sp³-hybridized carbons (Fsp3) is 0.438. The SMILES string of the molecule is CC(C)(O)C#Cc1ccc(CN2CCc3[nH]ncc3C2)s1. The molecule has 3 heterocycles. The third-order valence-corrected chi connectivity index (χ3v) is 4.40. The van der Waals surface area contributed by atoms with Gasteiger partial charge in [0, 0.05) is 42.2 Å². The highest BCUT2D eigenvalue weighted by molar-refractivity contribution is 7.12. The largest absolute Gasteiger partial charge is 0.378 e. The van der Waals surface area contributed by atoms with Gasteiger partial charge in [0.15, 0.2) is 0 Å². The van der Waals surface area contributed by atoms with Crippen molar-refractivity contribution in [1.82, 2.24) is 15.1 Å². The van der Waals surface area contributed by atoms with E-state index in [0.717, 1.165) is 30.9 Å². The van der Waals surface area contributed by atoms with E-state index in [0.29, 0.717) is 0 Å². The van der Waals surface area contributed by atoms with Gasteiger partial charge in [0.25, 0.3) is 0 Å². The number of thiophene rings is 1. The van der Waals surface area contributed by atoms with E-state index < -0.39 is 5.60 Å². The van der Waals surface area contributed by atoms with Crippen LogP contribution in [0.2, 0.25) is 0 Å². The number of H-pyrrole nitrogens is 1. The predicted molar refractivity (Wildman–Crippen MR) is 83.9 cm³/mol. The minimum absolute atomic E-state index is 0.936. The number of fused-ring (bicyclic) bond motifs is 1. The van der Waals surface area contributed by atoms with Gasteiger partial charge < -0.3 is 5.11 Å². The maximum atomic E-state index is 9.63. The van der Waals surface area contributed by atoms with Gasteiger partial charge in [-0.1, -0.05) is 11.8 Å². The van der Waals surface area contributed by atoms with Crippen LogP contribution in [-0.4, -0.2) is 32.3 Å². The Balaban J connectivity index is 1.64. The van der Waals surface area contributed by atoms with Crippen molar-refractivity contribution in [3.05, 3.63) is 39.3 Å². The maximum absolute atomic E-state index is 9.63. The number of aliphatic hydroxyl groups is 1. The van der Waals surface area contributed by atoms with E-state index in [-0.39, 0.29) is 0 Å². The molecule has 5 heteroatoms. The van der Waals surface area contributed by atoms with Crippen LogP contribution >= 0.6 is 11.3 Å². The third-order valence-electron chi connectivity index (χ3n) is 3.41. The van der Waals surface area contributed by atoms with Crippen LogP contribution in [-0.2, 0) is 19.5 Å². The number of rotatable bonds is 2. The van der Waals surface area contributed by atoms with Crippen molar-refractivity contribution in [2.45, 2.75) is 39.0 Å². The van der Waals surface area contributed by atoms with Gasteiger partial charge in [-0.2, -0.15) is 5.10 Å². The molecule has 2 N–H and O–H groups in total. The summed E-state index contributed by atoms with van der Waals surface area (Å²) in [5.74, 6) is 5.89. The number of hydrogen-bond donors (Lipinski definition) is 2. The van der Waals surface area contributed by atoms with Gasteiger partial charge in [-0.3, -0.25) is 10.00 Å². The molecule has 1 aliphatic heterocycles. The number of nitrogens with zero attached hydrogens (tertiary/aromatic N) is 2. The third kappa shape index (κ3) is 3.73. The van der Waals surface area contributed by atoms with Crippen LogP contribution in [0.3, 0.4) is 0 Å². The van der Waals surface area contributed by atoms with Gasteiger partial charge in [0.1, 0.15) is 5.60 Å². The zero-order valence-corrected chi connectivity index (χ0v) is 13.1. The molecule has 0 aliphatic carbocycles. The normalized spacial score (nSPS) is 15.4. The van der Waals surface area contributed by atoms with E-state index in [4.69, 9.17) is 0 Å². The second-order valence-electron chi connectivity index (χ2n) is 5.91. The van der Waals surface area contributed by atoms with Crippen LogP contribution in [0.5, 0.6) is 0 Å². The van der Waals surface area contributed by atoms with Gasteiger partial charge >= 0.3 is 0 Å². The topological polar surface area (TPSA) is 52.1 Å². The van der Waals surface area contributed by atoms with E-state index in [1.807, 2.05) is 12.3 Å². The second kappa shape index (κ2) is 5.64. The second-order valence-corrected chi connectivity index (χ2v) is 7.08. The van der Waals surface area contributed by atoms with Crippen molar-refractivity contribution < 1.29 is 5.11 Å². The molecule has 3 rings (SSSR count). The molecule has 0 saturated carbocycles. The molecule has 0 saturated heterocycles. The van der Waals surface area contributed by atoms with Crippen molar-refractivity contribution in [2.24, 2.45) is 0 Å². The zero-order chi connectivity index (χ0) is 14.9. The first-order chi connectivity index (χ1) is 9.99. The van der Waals surface area contributed by atoms with Crippen molar-refractivity contribution >= 4 is 11.3 Å². The molecule has 0 bridgehead atoms. The van der Waals surface area contributed by atoms with E-state index in [1.54, 1.807) is 25.2 Å². The van der Waals surface area contributed by atoms with Crippen LogP contribution in [0.25, 0.3) is 0 Å². The van der Waals surface area contributed by atoms with Crippen molar-refractivity contribution in [2.75, 3.05) is 6.54 Å². The summed E-state index contributed by atoms with van der Waals surface area (Å²) in [6.45, 7) is 6.35. The quantitative estimate of drug-likeness (QED) is 0.836. The van der Waals surface area contributed by atoms with Gasteiger partial charge in [-0.05, 0) is 26.0 Å². The minimum atomic E-state index is -0.936. The standard InChI is InChI=1S/C16H19N3OS/c1-16(2,20)7-5-13-3-4-14(21-13)11-19-8-6-15-12(10-19)9-17-18-15/h3-4,9,20H,6,8,10-11H2,1-2H3,(H,17,18). The van der Waals surface area contributed by atoms with E-state index >= 15 is 0 Å². The van der Waals surface area contributed by atoms with Crippen molar-refractivity contribution in [1.29, 1.82) is 0 Å². The van der Waals surface area contributed by atoms with Gasteiger partial charge in [-0.15, -0.1) is 11.3 Å². The fourth-order valence-corrected chi connectivity index (χ4v) is 3.28. The predicted octanol–water partition coefficient (Wildman–Crippen LogP) is 2.15. The van der Waals surface area contributed by atoms with Gasteiger partial charge in [0.05, 0.1) is 11.1 Å². The Morgan fingerprint density at radius 1 is 1.48 bits per heavy atom. The average Bonchev–Trinajstić information content (AvgIpc) is 3.04. The Kier molecular flexibility index (Phi) is 3.85. The fourth-order valence-electron chi connectivity index (χ4n) is 2.38. The minimum Gasteiger partial charge on any atom is -0.378 e. The maximum Gasteiger partial charge on any atom is 0.120 e. The summed E-state index contributed by atoms with van der Waals surface area (Å²) in [5, 5.41) is 16.8. The molecular formula is C16H19N3OS. The molecule has 2 aromatic rings. The number of hydrogen-bond acceptors (Lipinski definition) is 4. The first kappa shape index (κ1) is 14.3. The first-order valence-electron chi connectivity index (χ1n) is 7.07. The molecule has 0 amide bonds. The summed E-state index contributed by atoms with van der Waals surface area (Å²) >= 11 is 1.70. The van der Waals surface area contributed by atoms with Gasteiger partial charge in [0.2, 0.25) is 0 Å². The van der Waals surface area contributed by atoms with Crippen LogP contribution in [0.15, 0.2) is 18.3 Å². The highest BCUT2D eigenvalue weighted by Crippen LogP contribution is 2.22. The molecule has 110 valence electrons. The van der Waals surface area contributed by atoms with Crippen LogP contribution in [0.1, 0.15) is 34.9 Å². The molecule has 0 aromatic carbocycles. The Hall–Kier alpha value is -1.61. The lowest BCUT2D eigenvalue weighted by Crippen LogP contribution is -2.29. The molecule has 2 aromatic heterocycles. The Morgan fingerprint density at radius 3 is 3.14 bits per heavy atom. The van der Waals surface area contributed by atoms with E-state index in [9.17, 15) is 5.11 Å². The molecule has 0 fully saturated rings. The zero-order valence-electron chi connectivity index (χ0n) is 12.3. The Labute approximate surface area is 128 Å². The Morgan fingerprint density at radius 2 is 2.33 bits per heavy atom. The number of aromatic amines is 1. The molecule has 21 heavy (non-hydrogen) atoms. The molecule has 1 aliphatic rings. The molecule has 0 atom stereocenters. The molecule has 0 unspecified atom stereocenters. The molecule has 0 spiro atoms. The van der Waals surface area contributed by atoms with Crippen molar-refractivity contribution in [3.63, 3.8) is 0 Å². The lowest BCUT2D eigenvalue weighted by atomic mass is 10.1. The molecule has 4 nitrogen and oxygen atoms in total. The monoisotopic (exact) mass is 301 g/mol. The highest BCUT2D eigenvalue weighted by Gasteiger charge is 2.18. The van der Waals surface area contributed by atoms with Crippen LogP contribution in [0.4, 0.5) is 0 Å². The summed E-state index contributed by atoms with van der Waals surface area (Å²) in [6.07, 6.45) is 2.96. The highest BCUT2D eigenvalue weighted by atomic mass is 32.1. The first-order valence-corrected chi connectivity index (χ1v) is 7.89. The summed E-state index contributed by atoms with van der Waals surface area (Å²) in [7, 11) is 0. The van der Waals surface area contributed by atoms with Crippen LogP contribution < -0.4 is 0 Å². The van der Waals surface area contributed by atoms with Gasteiger partial charge in [-0.25, -0.2) is 0 Å². The van der Waals surface area contributed by atoms with E-state index in [1.165, 1.54) is 16.1 Å².